The van der Waals surface area contributed by atoms with E-state index in [4.69, 9.17) is 4.52 Å². The molecule has 1 aromatic heterocycles. The fourth-order valence-electron chi connectivity index (χ4n) is 1.71. The van der Waals surface area contributed by atoms with E-state index in [9.17, 15) is 0 Å². The van der Waals surface area contributed by atoms with Crippen molar-refractivity contribution in [3.63, 3.8) is 0 Å². The molecule has 0 unspecified atom stereocenters. The lowest BCUT2D eigenvalue weighted by molar-refractivity contribution is 0.394. The highest BCUT2D eigenvalue weighted by molar-refractivity contribution is 9.09. The second kappa shape index (κ2) is 5.96. The Kier molecular flexibility index (Phi) is 4.31. The van der Waals surface area contributed by atoms with Gasteiger partial charge in [0.1, 0.15) is 0 Å². The van der Waals surface area contributed by atoms with Crippen molar-refractivity contribution in [2.24, 2.45) is 0 Å². The number of nitrogens with zero attached hydrogens (tertiary/aromatic N) is 2. The van der Waals surface area contributed by atoms with Crippen LogP contribution in [0, 0.1) is 6.92 Å². The van der Waals surface area contributed by atoms with Crippen molar-refractivity contribution in [1.82, 2.24) is 10.1 Å². The number of hydrogen-bond acceptors (Lipinski definition) is 3. The van der Waals surface area contributed by atoms with E-state index >= 15 is 0 Å². The average Bonchev–Trinajstić information content (AvgIpc) is 2.77. The van der Waals surface area contributed by atoms with Gasteiger partial charge in [-0.25, -0.2) is 0 Å². The second-order valence-electron chi connectivity index (χ2n) is 3.98. The summed E-state index contributed by atoms with van der Waals surface area (Å²) in [5.41, 5.74) is 2.35. The third-order valence-electron chi connectivity index (χ3n) is 2.56. The largest absolute Gasteiger partial charge is 0.339 e. The maximum absolute atomic E-state index is 4.99. The molecule has 0 radical (unpaired) electrons. The predicted octanol–water partition coefficient (Wildman–Crippen LogP) is 3.76. The Labute approximate surface area is 109 Å². The number of aromatic nitrogens is 2. The molecule has 90 valence electrons. The normalized spacial score (nSPS) is 10.7. The molecule has 0 saturated heterocycles. The summed E-state index contributed by atoms with van der Waals surface area (Å²) in [7, 11) is 0. The molecule has 2 rings (SSSR count). The van der Waals surface area contributed by atoms with E-state index < -0.39 is 0 Å². The van der Waals surface area contributed by atoms with Crippen molar-refractivity contribution in [2.45, 2.75) is 26.2 Å². The number of alkyl halides is 1. The van der Waals surface area contributed by atoms with E-state index in [-0.39, 0.29) is 0 Å². The molecule has 1 heterocycles. The Balaban J connectivity index is 2.11. The molecule has 4 heteroatoms. The van der Waals surface area contributed by atoms with Crippen molar-refractivity contribution in [3.05, 3.63) is 35.7 Å². The smallest absolute Gasteiger partial charge is 0.223 e. The molecule has 3 nitrogen and oxygen atoms in total. The summed E-state index contributed by atoms with van der Waals surface area (Å²) in [4.78, 5) is 4.23. The number of benzene rings is 1. The zero-order valence-electron chi connectivity index (χ0n) is 9.82. The molecule has 0 spiro atoms. The second-order valence-corrected chi connectivity index (χ2v) is 4.78. The lowest BCUT2D eigenvalue weighted by Gasteiger charge is -2.01. The van der Waals surface area contributed by atoms with E-state index in [1.807, 2.05) is 12.1 Å². The molecule has 0 amide bonds. The standard InChI is InChI=1S/C13H15BrN2O/c1-10-15-13(16-17-10)12-7-4-6-11(9-12)5-2-3-8-14/h4,6-7,9H,2-3,5,8H2,1H3. The summed E-state index contributed by atoms with van der Waals surface area (Å²) in [6.45, 7) is 1.80. The molecule has 0 fully saturated rings. The van der Waals surface area contributed by atoms with Crippen LogP contribution in [-0.2, 0) is 6.42 Å². The first kappa shape index (κ1) is 12.3. The first-order chi connectivity index (χ1) is 8.29. The molecule has 1 aromatic carbocycles. The van der Waals surface area contributed by atoms with Crippen LogP contribution in [0.5, 0.6) is 0 Å². The van der Waals surface area contributed by atoms with Gasteiger partial charge in [0.25, 0.3) is 0 Å². The summed E-state index contributed by atoms with van der Waals surface area (Å²) in [6.07, 6.45) is 3.49. The van der Waals surface area contributed by atoms with Crippen LogP contribution in [0.1, 0.15) is 24.3 Å². The minimum atomic E-state index is 0.602. The van der Waals surface area contributed by atoms with Crippen LogP contribution >= 0.6 is 15.9 Å². The van der Waals surface area contributed by atoms with Gasteiger partial charge in [-0.2, -0.15) is 4.98 Å². The van der Waals surface area contributed by atoms with Crippen LogP contribution in [0.4, 0.5) is 0 Å². The average molecular weight is 295 g/mol. The van der Waals surface area contributed by atoms with Gasteiger partial charge < -0.3 is 4.52 Å². The van der Waals surface area contributed by atoms with Crippen LogP contribution in [0.25, 0.3) is 11.4 Å². The van der Waals surface area contributed by atoms with Gasteiger partial charge in [-0.3, -0.25) is 0 Å². The molecule has 0 atom stereocenters. The van der Waals surface area contributed by atoms with E-state index in [0.717, 1.165) is 17.3 Å². The minimum absolute atomic E-state index is 0.602. The Morgan fingerprint density at radius 2 is 2.18 bits per heavy atom. The Morgan fingerprint density at radius 3 is 2.88 bits per heavy atom. The monoisotopic (exact) mass is 294 g/mol. The molecule has 0 aliphatic carbocycles. The first-order valence-corrected chi connectivity index (χ1v) is 6.87. The molecule has 0 aliphatic rings. The molecule has 17 heavy (non-hydrogen) atoms. The van der Waals surface area contributed by atoms with Gasteiger partial charge in [-0.15, -0.1) is 0 Å². The van der Waals surface area contributed by atoms with Gasteiger partial charge in [0.05, 0.1) is 0 Å². The van der Waals surface area contributed by atoms with Gasteiger partial charge >= 0.3 is 0 Å². The fraction of sp³-hybridized carbons (Fsp3) is 0.385. The lowest BCUT2D eigenvalue weighted by atomic mass is 10.1. The van der Waals surface area contributed by atoms with Gasteiger partial charge in [-0.05, 0) is 30.9 Å². The third kappa shape index (κ3) is 3.40. The number of halogens is 1. The number of aryl methyl sites for hydroxylation is 2. The van der Waals surface area contributed by atoms with E-state index in [1.165, 1.54) is 18.4 Å². The van der Waals surface area contributed by atoms with Gasteiger partial charge in [0.2, 0.25) is 11.7 Å². The Morgan fingerprint density at radius 1 is 1.29 bits per heavy atom. The maximum atomic E-state index is 4.99. The van der Waals surface area contributed by atoms with E-state index in [2.05, 4.69) is 38.2 Å². The molecule has 2 aromatic rings. The summed E-state index contributed by atoms with van der Waals surface area (Å²) in [5.74, 6) is 1.27. The Hall–Kier alpha value is -1.16. The zero-order valence-corrected chi connectivity index (χ0v) is 11.4. The molecule has 0 saturated carbocycles. The summed E-state index contributed by atoms with van der Waals surface area (Å²) >= 11 is 3.44. The fourth-order valence-corrected chi connectivity index (χ4v) is 2.10. The van der Waals surface area contributed by atoms with Crippen LogP contribution in [0.15, 0.2) is 28.8 Å². The minimum Gasteiger partial charge on any atom is -0.339 e. The van der Waals surface area contributed by atoms with Crippen LogP contribution in [0.2, 0.25) is 0 Å². The summed E-state index contributed by atoms with van der Waals surface area (Å²) < 4.78 is 4.99. The topological polar surface area (TPSA) is 38.9 Å². The van der Waals surface area contributed by atoms with E-state index in [1.54, 1.807) is 6.92 Å². The van der Waals surface area contributed by atoms with Crippen molar-refractivity contribution < 1.29 is 4.52 Å². The highest BCUT2D eigenvalue weighted by Gasteiger charge is 2.05. The molecule has 0 bridgehead atoms. The number of hydrogen-bond donors (Lipinski definition) is 0. The van der Waals surface area contributed by atoms with Crippen molar-refractivity contribution in [1.29, 1.82) is 0 Å². The van der Waals surface area contributed by atoms with Crippen molar-refractivity contribution >= 4 is 15.9 Å². The highest BCUT2D eigenvalue weighted by Crippen LogP contribution is 2.18. The van der Waals surface area contributed by atoms with Crippen LogP contribution in [-0.4, -0.2) is 15.5 Å². The molecular weight excluding hydrogens is 280 g/mol. The number of rotatable bonds is 5. The van der Waals surface area contributed by atoms with Gasteiger partial charge in [0.15, 0.2) is 0 Å². The quantitative estimate of drug-likeness (QED) is 0.622. The first-order valence-electron chi connectivity index (χ1n) is 5.75. The third-order valence-corrected chi connectivity index (χ3v) is 3.12. The number of unbranched alkanes of at least 4 members (excludes halogenated alkanes) is 1. The molecular formula is C13H15BrN2O. The van der Waals surface area contributed by atoms with E-state index in [0.29, 0.717) is 11.7 Å². The van der Waals surface area contributed by atoms with Crippen LogP contribution < -0.4 is 0 Å². The maximum Gasteiger partial charge on any atom is 0.223 e. The highest BCUT2D eigenvalue weighted by atomic mass is 79.9. The SMILES string of the molecule is Cc1nc(-c2cccc(CCCCBr)c2)no1. The summed E-state index contributed by atoms with van der Waals surface area (Å²) in [5, 5.41) is 5.00. The van der Waals surface area contributed by atoms with Crippen molar-refractivity contribution in [3.8, 4) is 11.4 Å². The predicted molar refractivity (Wildman–Crippen MR) is 71.2 cm³/mol. The van der Waals surface area contributed by atoms with Crippen LogP contribution in [0.3, 0.4) is 0 Å². The van der Waals surface area contributed by atoms with Gasteiger partial charge in [-0.1, -0.05) is 39.3 Å². The van der Waals surface area contributed by atoms with Gasteiger partial charge in [0, 0.05) is 17.8 Å². The molecule has 0 aliphatic heterocycles. The molecule has 0 N–H and O–H groups in total. The Bertz CT molecular complexity index is 482. The van der Waals surface area contributed by atoms with Crippen molar-refractivity contribution in [2.75, 3.05) is 5.33 Å². The lowest BCUT2D eigenvalue weighted by Crippen LogP contribution is -1.88. The zero-order chi connectivity index (χ0) is 12.1. The summed E-state index contributed by atoms with van der Waals surface area (Å²) in [6, 6.07) is 8.34.